The molecule has 0 aliphatic heterocycles. The monoisotopic (exact) mass is 369 g/mol. The lowest BCUT2D eigenvalue weighted by Crippen LogP contribution is -2.09. The van der Waals surface area contributed by atoms with Gasteiger partial charge in [0.1, 0.15) is 11.2 Å². The average Bonchev–Trinajstić information content (AvgIpc) is 3.09. The Labute approximate surface area is 162 Å². The standard InChI is InChI=1S/C24H16ClNO/c25-17-10-12-19(13-11-17)26(18-6-2-1-3-7-18)20-14-15-24-22(16-20)21-8-4-5-9-23(21)27-24/h1-16H. The highest BCUT2D eigenvalue weighted by molar-refractivity contribution is 6.30. The zero-order valence-electron chi connectivity index (χ0n) is 14.5. The predicted molar refractivity (Wildman–Crippen MR) is 113 cm³/mol. The van der Waals surface area contributed by atoms with Crippen molar-refractivity contribution in [3.63, 3.8) is 0 Å². The van der Waals surface area contributed by atoms with Crippen molar-refractivity contribution >= 4 is 50.6 Å². The number of halogens is 1. The molecule has 5 rings (SSSR count). The van der Waals surface area contributed by atoms with Gasteiger partial charge < -0.3 is 9.32 Å². The van der Waals surface area contributed by atoms with E-state index in [2.05, 4.69) is 35.2 Å². The molecule has 0 spiro atoms. The Morgan fingerprint density at radius 2 is 1.19 bits per heavy atom. The Morgan fingerprint density at radius 3 is 2.00 bits per heavy atom. The molecule has 0 unspecified atom stereocenters. The second-order valence-corrected chi connectivity index (χ2v) is 6.86. The lowest BCUT2D eigenvalue weighted by molar-refractivity contribution is 0.669. The molecule has 0 aliphatic carbocycles. The fourth-order valence-corrected chi connectivity index (χ4v) is 3.59. The molecule has 130 valence electrons. The first kappa shape index (κ1) is 16.0. The van der Waals surface area contributed by atoms with Crippen molar-refractivity contribution in [2.45, 2.75) is 0 Å². The van der Waals surface area contributed by atoms with Gasteiger partial charge in [-0.15, -0.1) is 0 Å². The van der Waals surface area contributed by atoms with Gasteiger partial charge in [0.25, 0.3) is 0 Å². The first-order chi connectivity index (χ1) is 13.3. The number of fused-ring (bicyclic) bond motifs is 3. The van der Waals surface area contributed by atoms with Crippen molar-refractivity contribution in [2.75, 3.05) is 4.90 Å². The minimum Gasteiger partial charge on any atom is -0.456 e. The molecule has 0 atom stereocenters. The third-order valence-corrected chi connectivity index (χ3v) is 4.97. The molecule has 4 aromatic carbocycles. The van der Waals surface area contributed by atoms with Gasteiger partial charge in [0.15, 0.2) is 0 Å². The molecule has 5 aromatic rings. The lowest BCUT2D eigenvalue weighted by atomic mass is 10.1. The van der Waals surface area contributed by atoms with Crippen LogP contribution in [0.3, 0.4) is 0 Å². The van der Waals surface area contributed by atoms with Crippen LogP contribution in [0, 0.1) is 0 Å². The minimum atomic E-state index is 0.725. The van der Waals surface area contributed by atoms with Crippen LogP contribution in [0.1, 0.15) is 0 Å². The van der Waals surface area contributed by atoms with E-state index < -0.39 is 0 Å². The highest BCUT2D eigenvalue weighted by Gasteiger charge is 2.14. The number of benzene rings is 4. The second kappa shape index (κ2) is 6.49. The predicted octanol–water partition coefficient (Wildman–Crippen LogP) is 7.71. The van der Waals surface area contributed by atoms with Crippen LogP contribution in [0.4, 0.5) is 17.1 Å². The summed E-state index contributed by atoms with van der Waals surface area (Å²) in [7, 11) is 0. The minimum absolute atomic E-state index is 0.725. The van der Waals surface area contributed by atoms with E-state index in [4.69, 9.17) is 16.0 Å². The molecule has 0 radical (unpaired) electrons. The average molecular weight is 370 g/mol. The maximum absolute atomic E-state index is 6.11. The van der Waals surface area contributed by atoms with Crippen molar-refractivity contribution in [3.05, 3.63) is 102 Å². The van der Waals surface area contributed by atoms with Crippen LogP contribution < -0.4 is 4.90 Å². The topological polar surface area (TPSA) is 16.4 Å². The van der Waals surface area contributed by atoms with Gasteiger partial charge >= 0.3 is 0 Å². The van der Waals surface area contributed by atoms with Crippen LogP contribution in [-0.2, 0) is 0 Å². The zero-order valence-corrected chi connectivity index (χ0v) is 15.2. The van der Waals surface area contributed by atoms with Crippen molar-refractivity contribution in [2.24, 2.45) is 0 Å². The summed E-state index contributed by atoms with van der Waals surface area (Å²) in [5.41, 5.74) is 5.01. The summed E-state index contributed by atoms with van der Waals surface area (Å²) in [6.45, 7) is 0. The van der Waals surface area contributed by atoms with Gasteiger partial charge in [-0.05, 0) is 60.7 Å². The van der Waals surface area contributed by atoms with Gasteiger partial charge in [-0.3, -0.25) is 0 Å². The zero-order chi connectivity index (χ0) is 18.2. The Hall–Kier alpha value is -3.23. The molecular weight excluding hydrogens is 354 g/mol. The first-order valence-corrected chi connectivity index (χ1v) is 9.19. The van der Waals surface area contributed by atoms with E-state index in [0.29, 0.717) is 0 Å². The van der Waals surface area contributed by atoms with E-state index in [9.17, 15) is 0 Å². The molecule has 3 heteroatoms. The van der Waals surface area contributed by atoms with Gasteiger partial charge in [-0.2, -0.15) is 0 Å². The van der Waals surface area contributed by atoms with Gasteiger partial charge in [0, 0.05) is 32.9 Å². The van der Waals surface area contributed by atoms with E-state index in [1.807, 2.05) is 66.7 Å². The summed E-state index contributed by atoms with van der Waals surface area (Å²) in [4.78, 5) is 2.22. The van der Waals surface area contributed by atoms with Gasteiger partial charge in [-0.1, -0.05) is 48.0 Å². The molecule has 0 fully saturated rings. The summed E-state index contributed by atoms with van der Waals surface area (Å²) in [6.07, 6.45) is 0. The molecule has 27 heavy (non-hydrogen) atoms. The molecule has 1 aromatic heterocycles. The van der Waals surface area contributed by atoms with Crippen LogP contribution in [-0.4, -0.2) is 0 Å². The number of rotatable bonds is 3. The Kier molecular flexibility index (Phi) is 3.84. The molecule has 1 heterocycles. The maximum Gasteiger partial charge on any atom is 0.135 e. The fraction of sp³-hybridized carbons (Fsp3) is 0. The van der Waals surface area contributed by atoms with Crippen molar-refractivity contribution in [1.29, 1.82) is 0 Å². The third-order valence-electron chi connectivity index (χ3n) is 4.72. The van der Waals surface area contributed by atoms with Gasteiger partial charge in [0.05, 0.1) is 0 Å². The normalized spacial score (nSPS) is 11.1. The summed E-state index contributed by atoms with van der Waals surface area (Å²) in [5.74, 6) is 0. The fourth-order valence-electron chi connectivity index (χ4n) is 3.47. The summed E-state index contributed by atoms with van der Waals surface area (Å²) < 4.78 is 5.98. The van der Waals surface area contributed by atoms with Gasteiger partial charge in [-0.25, -0.2) is 0 Å². The van der Waals surface area contributed by atoms with Crippen LogP contribution >= 0.6 is 11.6 Å². The van der Waals surface area contributed by atoms with Crippen LogP contribution in [0.15, 0.2) is 101 Å². The van der Waals surface area contributed by atoms with Gasteiger partial charge in [0.2, 0.25) is 0 Å². The number of furan rings is 1. The van der Waals surface area contributed by atoms with E-state index in [0.717, 1.165) is 44.0 Å². The molecule has 0 saturated carbocycles. The van der Waals surface area contributed by atoms with Crippen LogP contribution in [0.2, 0.25) is 5.02 Å². The van der Waals surface area contributed by atoms with Crippen molar-refractivity contribution in [3.8, 4) is 0 Å². The van der Waals surface area contributed by atoms with Crippen molar-refractivity contribution in [1.82, 2.24) is 0 Å². The van der Waals surface area contributed by atoms with E-state index in [1.165, 1.54) is 0 Å². The van der Waals surface area contributed by atoms with Crippen LogP contribution in [0.25, 0.3) is 21.9 Å². The van der Waals surface area contributed by atoms with E-state index >= 15 is 0 Å². The Morgan fingerprint density at radius 1 is 0.556 bits per heavy atom. The first-order valence-electron chi connectivity index (χ1n) is 8.82. The Balaban J connectivity index is 1.73. The molecule has 0 aliphatic rings. The highest BCUT2D eigenvalue weighted by atomic mass is 35.5. The second-order valence-electron chi connectivity index (χ2n) is 6.43. The quantitative estimate of drug-likeness (QED) is 0.324. The Bertz CT molecular complexity index is 1230. The number of nitrogens with zero attached hydrogens (tertiary/aromatic N) is 1. The van der Waals surface area contributed by atoms with Crippen molar-refractivity contribution < 1.29 is 4.42 Å². The van der Waals surface area contributed by atoms with E-state index in [-0.39, 0.29) is 0 Å². The third kappa shape index (κ3) is 2.84. The number of anilines is 3. The molecular formula is C24H16ClNO. The highest BCUT2D eigenvalue weighted by Crippen LogP contribution is 2.38. The summed E-state index contributed by atoms with van der Waals surface area (Å²) in [5, 5.41) is 2.96. The molecule has 2 nitrogen and oxygen atoms in total. The number of hydrogen-bond acceptors (Lipinski definition) is 2. The molecule has 0 bridgehead atoms. The largest absolute Gasteiger partial charge is 0.456 e. The number of para-hydroxylation sites is 2. The van der Waals surface area contributed by atoms with E-state index in [1.54, 1.807) is 0 Å². The maximum atomic E-state index is 6.11. The molecule has 0 amide bonds. The smallest absolute Gasteiger partial charge is 0.135 e. The van der Waals surface area contributed by atoms with Crippen LogP contribution in [0.5, 0.6) is 0 Å². The molecule has 0 saturated heterocycles. The lowest BCUT2D eigenvalue weighted by Gasteiger charge is -2.25. The summed E-state index contributed by atoms with van der Waals surface area (Å²) >= 11 is 6.11. The molecule has 0 N–H and O–H groups in total. The summed E-state index contributed by atoms with van der Waals surface area (Å²) in [6, 6.07) is 32.7. The number of hydrogen-bond donors (Lipinski definition) is 0. The SMILES string of the molecule is Clc1ccc(N(c2ccccc2)c2ccc3oc4ccccc4c3c2)cc1.